The Kier molecular flexibility index (Phi) is 10.6. The first-order chi connectivity index (χ1) is 15.9. The maximum atomic E-state index is 13.7. The van der Waals surface area contributed by atoms with Crippen LogP contribution in [0.5, 0.6) is 0 Å². The number of esters is 1. The van der Waals surface area contributed by atoms with Crippen LogP contribution in [0.25, 0.3) is 0 Å². The van der Waals surface area contributed by atoms with Crippen LogP contribution in [0.3, 0.4) is 0 Å². The van der Waals surface area contributed by atoms with Crippen molar-refractivity contribution in [1.82, 2.24) is 15.5 Å². The number of hydrogen-bond donors (Lipinski definition) is 2. The summed E-state index contributed by atoms with van der Waals surface area (Å²) in [6, 6.07) is 4.63. The number of ether oxygens (including phenoxy) is 2. The molecule has 0 heterocycles. The summed E-state index contributed by atoms with van der Waals surface area (Å²) >= 11 is 0. The molecule has 1 aromatic carbocycles. The van der Waals surface area contributed by atoms with Gasteiger partial charge in [-0.3, -0.25) is 14.4 Å². The fourth-order valence-corrected chi connectivity index (χ4v) is 3.24. The minimum absolute atomic E-state index is 0.132. The smallest absolute Gasteiger partial charge is 0.408 e. The largest absolute Gasteiger partial charge is 0.468 e. The molecule has 0 aromatic heterocycles. The van der Waals surface area contributed by atoms with Crippen molar-refractivity contribution in [3.63, 3.8) is 0 Å². The normalized spacial score (nSPS) is 12.7. The van der Waals surface area contributed by atoms with Crippen LogP contribution < -0.4 is 10.6 Å². The first kappa shape index (κ1) is 28.5. The van der Waals surface area contributed by atoms with Crippen molar-refractivity contribution in [2.75, 3.05) is 20.2 Å². The summed E-state index contributed by atoms with van der Waals surface area (Å²) in [5, 5.41) is 5.13. The minimum atomic E-state index is -1.14. The molecule has 0 fully saturated rings. The van der Waals surface area contributed by atoms with Gasteiger partial charge in [0.05, 0.1) is 7.11 Å². The van der Waals surface area contributed by atoms with E-state index < -0.39 is 41.6 Å². The number of rotatable bonds is 9. The van der Waals surface area contributed by atoms with E-state index in [1.165, 1.54) is 12.0 Å². The number of amides is 3. The number of nitrogens with one attached hydrogen (secondary N) is 2. The van der Waals surface area contributed by atoms with Crippen molar-refractivity contribution in [1.29, 1.82) is 0 Å². The molecule has 9 heteroatoms. The molecule has 1 rings (SSSR count). The molecule has 0 radical (unpaired) electrons. The van der Waals surface area contributed by atoms with Gasteiger partial charge in [-0.15, -0.1) is 6.42 Å². The first-order valence-electron chi connectivity index (χ1n) is 11.1. The zero-order valence-corrected chi connectivity index (χ0v) is 20.9. The Hall–Kier alpha value is -3.54. The van der Waals surface area contributed by atoms with Gasteiger partial charge in [-0.1, -0.05) is 38.0 Å². The zero-order chi connectivity index (χ0) is 26.1. The molecule has 0 aliphatic heterocycles. The van der Waals surface area contributed by atoms with Crippen molar-refractivity contribution >= 4 is 23.9 Å². The van der Waals surface area contributed by atoms with Gasteiger partial charge in [-0.2, -0.15) is 0 Å². The lowest BCUT2D eigenvalue weighted by Gasteiger charge is -2.35. The molecule has 34 heavy (non-hydrogen) atoms. The van der Waals surface area contributed by atoms with Gasteiger partial charge >= 0.3 is 12.1 Å². The van der Waals surface area contributed by atoms with Gasteiger partial charge in [0.1, 0.15) is 24.2 Å². The number of terminal acetylenes is 1. The summed E-state index contributed by atoms with van der Waals surface area (Å²) in [4.78, 5) is 52.2. The van der Waals surface area contributed by atoms with Gasteiger partial charge in [-0.25, -0.2) is 4.79 Å². The Morgan fingerprint density at radius 1 is 1.15 bits per heavy atom. The Labute approximate surface area is 201 Å². The molecule has 186 valence electrons. The molecule has 0 saturated heterocycles. The molecular weight excluding hydrogens is 438 g/mol. The molecule has 0 aliphatic rings. The molecule has 3 amide bonds. The van der Waals surface area contributed by atoms with Gasteiger partial charge in [0.25, 0.3) is 0 Å². The van der Waals surface area contributed by atoms with Crippen molar-refractivity contribution < 1.29 is 28.7 Å². The van der Waals surface area contributed by atoms with Crippen molar-refractivity contribution in [2.45, 2.75) is 59.2 Å². The third-order valence-electron chi connectivity index (χ3n) is 4.83. The zero-order valence-electron chi connectivity index (χ0n) is 20.9. The van der Waals surface area contributed by atoms with Crippen LogP contribution in [0.4, 0.5) is 4.79 Å². The second-order valence-electron chi connectivity index (χ2n) is 8.92. The maximum Gasteiger partial charge on any atom is 0.408 e. The van der Waals surface area contributed by atoms with Crippen LogP contribution in [0.1, 0.15) is 58.7 Å². The standard InChI is InChI=1S/C25H35N3O6/c1-9-17-13-11-12-14-18(17)21(22(30)26-15-19(29)33-8)28(10-2)23(31)20(16(3)4)27-24(32)34-25(5,6)7/h1,11-14,16,20-21H,10,15H2,2-8H3,(H,26,30)(H,27,32). The fourth-order valence-electron chi connectivity index (χ4n) is 3.24. The van der Waals surface area contributed by atoms with Gasteiger partial charge in [0.15, 0.2) is 0 Å². The van der Waals surface area contributed by atoms with E-state index in [1.807, 2.05) is 0 Å². The van der Waals surface area contributed by atoms with E-state index in [0.717, 1.165) is 0 Å². The van der Waals surface area contributed by atoms with E-state index in [1.54, 1.807) is 65.8 Å². The Bertz CT molecular complexity index is 929. The second-order valence-corrected chi connectivity index (χ2v) is 8.92. The highest BCUT2D eigenvalue weighted by atomic mass is 16.6. The molecule has 9 nitrogen and oxygen atoms in total. The topological polar surface area (TPSA) is 114 Å². The highest BCUT2D eigenvalue weighted by Crippen LogP contribution is 2.26. The minimum Gasteiger partial charge on any atom is -0.468 e. The van der Waals surface area contributed by atoms with Crippen LogP contribution in [0, 0.1) is 18.3 Å². The summed E-state index contributed by atoms with van der Waals surface area (Å²) in [6.45, 7) is 10.2. The summed E-state index contributed by atoms with van der Waals surface area (Å²) < 4.78 is 9.90. The number of carbonyl (C=O) groups is 4. The van der Waals surface area contributed by atoms with E-state index in [2.05, 4.69) is 21.3 Å². The number of alkyl carbamates (subject to hydrolysis) is 1. The number of nitrogens with zero attached hydrogens (tertiary/aromatic N) is 1. The number of methoxy groups -OCH3 is 1. The summed E-state index contributed by atoms with van der Waals surface area (Å²) in [5.41, 5.74) is 0.0942. The average molecular weight is 474 g/mol. The summed E-state index contributed by atoms with van der Waals surface area (Å²) in [5.74, 6) is 0.485. The molecule has 2 atom stereocenters. The summed E-state index contributed by atoms with van der Waals surface area (Å²) in [6.07, 6.45) is 4.91. The van der Waals surface area contributed by atoms with Gasteiger partial charge in [0.2, 0.25) is 11.8 Å². The Morgan fingerprint density at radius 3 is 2.26 bits per heavy atom. The van der Waals surface area contributed by atoms with Crippen molar-refractivity contribution in [3.05, 3.63) is 35.4 Å². The van der Waals surface area contributed by atoms with Crippen molar-refractivity contribution in [3.8, 4) is 12.3 Å². The lowest BCUT2D eigenvalue weighted by molar-refractivity contribution is -0.145. The monoisotopic (exact) mass is 473 g/mol. The van der Waals surface area contributed by atoms with E-state index in [0.29, 0.717) is 11.1 Å². The lowest BCUT2D eigenvalue weighted by atomic mass is 9.96. The maximum absolute atomic E-state index is 13.7. The van der Waals surface area contributed by atoms with Crippen LogP contribution in [0.15, 0.2) is 24.3 Å². The molecule has 0 saturated carbocycles. The van der Waals surface area contributed by atoms with Gasteiger partial charge in [0, 0.05) is 12.1 Å². The molecular formula is C25H35N3O6. The van der Waals surface area contributed by atoms with Gasteiger partial charge < -0.3 is 25.0 Å². The Morgan fingerprint density at radius 2 is 1.76 bits per heavy atom. The molecule has 0 bridgehead atoms. The fraction of sp³-hybridized carbons (Fsp3) is 0.520. The van der Waals surface area contributed by atoms with Crippen molar-refractivity contribution in [2.24, 2.45) is 5.92 Å². The van der Waals surface area contributed by atoms with E-state index in [-0.39, 0.29) is 19.0 Å². The van der Waals surface area contributed by atoms with Gasteiger partial charge in [-0.05, 0) is 45.2 Å². The number of hydrogen-bond acceptors (Lipinski definition) is 6. The number of benzene rings is 1. The molecule has 1 aromatic rings. The Balaban J connectivity index is 3.41. The first-order valence-corrected chi connectivity index (χ1v) is 11.1. The molecule has 2 unspecified atom stereocenters. The summed E-state index contributed by atoms with van der Waals surface area (Å²) in [7, 11) is 1.21. The number of carbonyl (C=O) groups excluding carboxylic acids is 4. The van der Waals surface area contributed by atoms with E-state index in [4.69, 9.17) is 11.2 Å². The predicted octanol–water partition coefficient (Wildman–Crippen LogP) is 2.40. The van der Waals surface area contributed by atoms with Crippen LogP contribution in [0.2, 0.25) is 0 Å². The molecule has 0 aliphatic carbocycles. The van der Waals surface area contributed by atoms with Crippen LogP contribution >= 0.6 is 0 Å². The third kappa shape index (κ3) is 8.10. The quantitative estimate of drug-likeness (QED) is 0.421. The highest BCUT2D eigenvalue weighted by molar-refractivity contribution is 5.93. The highest BCUT2D eigenvalue weighted by Gasteiger charge is 2.37. The van der Waals surface area contributed by atoms with E-state index >= 15 is 0 Å². The molecule has 0 spiro atoms. The molecule has 2 N–H and O–H groups in total. The predicted molar refractivity (Wildman–Crippen MR) is 128 cm³/mol. The third-order valence-corrected chi connectivity index (χ3v) is 4.83. The number of likely N-dealkylation sites (N-methyl/N-ethyl adjacent to an activating group) is 1. The van der Waals surface area contributed by atoms with Crippen LogP contribution in [-0.4, -0.2) is 60.6 Å². The average Bonchev–Trinajstić information content (AvgIpc) is 2.77. The lowest BCUT2D eigenvalue weighted by Crippen LogP contribution is -2.55. The van der Waals surface area contributed by atoms with E-state index in [9.17, 15) is 19.2 Å². The SMILES string of the molecule is C#Cc1ccccc1C(C(=O)NCC(=O)OC)N(CC)C(=O)C(NC(=O)OC(C)(C)C)C(C)C. The van der Waals surface area contributed by atoms with Crippen LogP contribution in [-0.2, 0) is 23.9 Å². The second kappa shape index (κ2) is 12.6.